The third kappa shape index (κ3) is 40.6. The van der Waals surface area contributed by atoms with Gasteiger partial charge in [-0.25, -0.2) is 0 Å². The molecule has 338 valence electrons. The Morgan fingerprint density at radius 3 is 1.38 bits per heavy atom. The molecule has 6 nitrogen and oxygen atoms in total. The van der Waals surface area contributed by atoms with Gasteiger partial charge >= 0.3 is 5.97 Å². The Hall–Kier alpha value is -2.18. The van der Waals surface area contributed by atoms with Crippen LogP contribution in [-0.4, -0.2) is 46.9 Å². The molecule has 6 heteroatoms. The van der Waals surface area contributed by atoms with E-state index in [0.29, 0.717) is 19.3 Å². The van der Waals surface area contributed by atoms with Crippen LogP contribution in [-0.2, 0) is 14.3 Å². The number of rotatable bonds is 44. The molecule has 0 aliphatic rings. The van der Waals surface area contributed by atoms with Gasteiger partial charge in [0.15, 0.2) is 0 Å². The topological polar surface area (TPSA) is 95.9 Å². The van der Waals surface area contributed by atoms with Crippen molar-refractivity contribution in [3.8, 4) is 0 Å². The first kappa shape index (κ1) is 55.8. The fraction of sp³-hybridized carbons (Fsp3) is 0.808. The number of nitrogens with one attached hydrogen (secondary N) is 1. The quantitative estimate of drug-likeness (QED) is 0.0323. The summed E-state index contributed by atoms with van der Waals surface area (Å²) in [7, 11) is 0. The Bertz CT molecular complexity index is 1000. The van der Waals surface area contributed by atoms with E-state index < -0.39 is 18.2 Å². The maximum atomic E-state index is 13.1. The molecule has 58 heavy (non-hydrogen) atoms. The van der Waals surface area contributed by atoms with Gasteiger partial charge in [-0.1, -0.05) is 243 Å². The highest BCUT2D eigenvalue weighted by Gasteiger charge is 2.24. The average Bonchev–Trinajstić information content (AvgIpc) is 3.22. The molecule has 0 aliphatic carbocycles. The molecule has 0 bridgehead atoms. The largest absolute Gasteiger partial charge is 0.462 e. The van der Waals surface area contributed by atoms with Crippen LogP contribution < -0.4 is 5.32 Å². The van der Waals surface area contributed by atoms with Crippen LogP contribution in [0.1, 0.15) is 245 Å². The first-order chi connectivity index (χ1) is 28.5. The summed E-state index contributed by atoms with van der Waals surface area (Å²) in [5, 5.41) is 23.7. The summed E-state index contributed by atoms with van der Waals surface area (Å²) in [5.74, 6) is -0.536. The van der Waals surface area contributed by atoms with Crippen molar-refractivity contribution in [1.29, 1.82) is 0 Å². The van der Waals surface area contributed by atoms with Gasteiger partial charge in [0.25, 0.3) is 0 Å². The number of amides is 1. The van der Waals surface area contributed by atoms with Gasteiger partial charge in [0.05, 0.1) is 25.2 Å². The van der Waals surface area contributed by atoms with Crippen molar-refractivity contribution in [2.24, 2.45) is 0 Å². The lowest BCUT2D eigenvalue weighted by atomic mass is 10.0. The van der Waals surface area contributed by atoms with Gasteiger partial charge in [0, 0.05) is 6.42 Å². The molecule has 0 aromatic carbocycles. The van der Waals surface area contributed by atoms with Crippen molar-refractivity contribution < 1.29 is 24.5 Å². The van der Waals surface area contributed by atoms with E-state index in [1.54, 1.807) is 0 Å². The average molecular weight is 814 g/mol. The minimum Gasteiger partial charge on any atom is -0.462 e. The molecule has 1 amide bonds. The molecule has 0 saturated carbocycles. The Kier molecular flexibility index (Phi) is 44.2. The number of aliphatic hydroxyl groups is 2. The van der Waals surface area contributed by atoms with E-state index in [-0.39, 0.29) is 24.9 Å². The summed E-state index contributed by atoms with van der Waals surface area (Å²) in [6.07, 6.45) is 54.7. The SMILES string of the molecule is CC/C=C/C=C/C=C\C=C/CCCC(CC(=O)NC(CO)C(O)CCCCCCCCCCCCCCCC)OC(=O)CCCCCCCCCCCCCCCC. The lowest BCUT2D eigenvalue weighted by Crippen LogP contribution is -2.46. The minimum atomic E-state index is -0.802. The molecule has 0 aromatic heterocycles. The van der Waals surface area contributed by atoms with Gasteiger partial charge in [-0.15, -0.1) is 0 Å². The number of aliphatic hydroxyl groups excluding tert-OH is 2. The van der Waals surface area contributed by atoms with Crippen LogP contribution in [0.25, 0.3) is 0 Å². The molecule has 0 fully saturated rings. The standard InChI is InChI=1S/C52H95NO5/c1-4-7-10-13-16-19-22-24-26-29-32-35-38-41-44-50(55)49(47-54)53-51(56)46-48(43-40-37-34-31-28-21-18-15-12-9-6-3)58-52(57)45-42-39-36-33-30-27-25-23-20-17-14-11-8-5-2/h9,12,15,18,21,28,31,34,48-50,54-55H,4-8,10-11,13-14,16-17,19-20,22-27,29-30,32-33,35-47H2,1-3H3,(H,53,56)/b12-9+,18-15+,28-21-,34-31-. The Balaban J connectivity index is 4.58. The number of allylic oxidation sites excluding steroid dienone is 8. The van der Waals surface area contributed by atoms with Gasteiger partial charge in [-0.05, 0) is 38.5 Å². The maximum Gasteiger partial charge on any atom is 0.306 e. The first-order valence-corrected chi connectivity index (χ1v) is 24.9. The lowest BCUT2D eigenvalue weighted by molar-refractivity contribution is -0.151. The highest BCUT2D eigenvalue weighted by atomic mass is 16.5. The van der Waals surface area contributed by atoms with Crippen molar-refractivity contribution in [3.05, 3.63) is 48.6 Å². The molecule has 0 aliphatic heterocycles. The predicted molar refractivity (Wildman–Crippen MR) is 250 cm³/mol. The van der Waals surface area contributed by atoms with Gasteiger partial charge in [-0.3, -0.25) is 9.59 Å². The molecule has 3 unspecified atom stereocenters. The third-order valence-electron chi connectivity index (χ3n) is 11.3. The van der Waals surface area contributed by atoms with Crippen molar-refractivity contribution in [3.63, 3.8) is 0 Å². The molecule has 3 atom stereocenters. The fourth-order valence-corrected chi connectivity index (χ4v) is 7.51. The van der Waals surface area contributed by atoms with Crippen molar-refractivity contribution in [2.75, 3.05) is 6.61 Å². The van der Waals surface area contributed by atoms with Gasteiger partial charge in [-0.2, -0.15) is 0 Å². The summed E-state index contributed by atoms with van der Waals surface area (Å²) >= 11 is 0. The Labute approximate surface area is 359 Å². The number of ether oxygens (including phenoxy) is 1. The van der Waals surface area contributed by atoms with Crippen LogP contribution in [0.4, 0.5) is 0 Å². The zero-order valence-corrected chi connectivity index (χ0v) is 38.4. The van der Waals surface area contributed by atoms with E-state index in [1.165, 1.54) is 141 Å². The minimum absolute atomic E-state index is 0.0340. The zero-order chi connectivity index (χ0) is 42.4. The smallest absolute Gasteiger partial charge is 0.306 e. The van der Waals surface area contributed by atoms with Gasteiger partial charge in [0.2, 0.25) is 5.91 Å². The van der Waals surface area contributed by atoms with Crippen molar-refractivity contribution in [2.45, 2.75) is 264 Å². The number of esters is 1. The number of unbranched alkanes of at least 4 members (excludes halogenated alkanes) is 27. The molecule has 0 spiro atoms. The normalized spacial score (nSPS) is 13.7. The lowest BCUT2D eigenvalue weighted by Gasteiger charge is -2.24. The van der Waals surface area contributed by atoms with E-state index in [2.05, 4.69) is 38.2 Å². The van der Waals surface area contributed by atoms with Gasteiger partial charge in [0.1, 0.15) is 6.10 Å². The Morgan fingerprint density at radius 2 is 0.931 bits per heavy atom. The zero-order valence-electron chi connectivity index (χ0n) is 38.4. The van der Waals surface area contributed by atoms with Crippen LogP contribution >= 0.6 is 0 Å². The first-order valence-electron chi connectivity index (χ1n) is 24.9. The Morgan fingerprint density at radius 1 is 0.517 bits per heavy atom. The van der Waals surface area contributed by atoms with E-state index in [0.717, 1.165) is 57.8 Å². The van der Waals surface area contributed by atoms with Crippen molar-refractivity contribution >= 4 is 11.9 Å². The highest BCUT2D eigenvalue weighted by Crippen LogP contribution is 2.17. The van der Waals surface area contributed by atoms with Crippen LogP contribution in [0.5, 0.6) is 0 Å². The number of carbonyl (C=O) groups is 2. The number of carbonyl (C=O) groups excluding carboxylic acids is 2. The summed E-state index contributed by atoms with van der Waals surface area (Å²) < 4.78 is 5.88. The van der Waals surface area contributed by atoms with Crippen LogP contribution in [0.2, 0.25) is 0 Å². The van der Waals surface area contributed by atoms with E-state index >= 15 is 0 Å². The second-order valence-corrected chi connectivity index (χ2v) is 16.9. The number of hydrogen-bond donors (Lipinski definition) is 3. The highest BCUT2D eigenvalue weighted by molar-refractivity contribution is 5.77. The predicted octanol–water partition coefficient (Wildman–Crippen LogP) is 14.7. The second kappa shape index (κ2) is 45.9. The molecule has 0 aromatic rings. The molecule has 3 N–H and O–H groups in total. The van der Waals surface area contributed by atoms with Gasteiger partial charge < -0.3 is 20.3 Å². The molecule has 0 rings (SSSR count). The van der Waals surface area contributed by atoms with Crippen LogP contribution in [0, 0.1) is 0 Å². The molecular formula is C52H95NO5. The fourth-order valence-electron chi connectivity index (χ4n) is 7.51. The summed E-state index contributed by atoms with van der Waals surface area (Å²) in [4.78, 5) is 26.0. The summed E-state index contributed by atoms with van der Waals surface area (Å²) in [5.41, 5.74) is 0. The second-order valence-electron chi connectivity index (χ2n) is 16.9. The monoisotopic (exact) mass is 814 g/mol. The van der Waals surface area contributed by atoms with Crippen LogP contribution in [0.15, 0.2) is 48.6 Å². The molecule has 0 saturated heterocycles. The van der Waals surface area contributed by atoms with E-state index in [1.807, 2.05) is 36.5 Å². The van der Waals surface area contributed by atoms with Crippen LogP contribution in [0.3, 0.4) is 0 Å². The molecular weight excluding hydrogens is 719 g/mol. The van der Waals surface area contributed by atoms with E-state index in [9.17, 15) is 19.8 Å². The summed E-state index contributed by atoms with van der Waals surface area (Å²) in [6.45, 7) is 6.32. The molecule has 0 radical (unpaired) electrons. The summed E-state index contributed by atoms with van der Waals surface area (Å²) in [6, 6.07) is -0.720. The molecule has 0 heterocycles. The van der Waals surface area contributed by atoms with E-state index in [4.69, 9.17) is 4.74 Å². The maximum absolute atomic E-state index is 13.1. The third-order valence-corrected chi connectivity index (χ3v) is 11.3. The number of hydrogen-bond acceptors (Lipinski definition) is 5. The van der Waals surface area contributed by atoms with Crippen molar-refractivity contribution in [1.82, 2.24) is 5.32 Å².